The maximum atomic E-state index is 14.0. The number of nitrogens with zero attached hydrogens (tertiary/aromatic N) is 2. The summed E-state index contributed by atoms with van der Waals surface area (Å²) in [5.74, 6) is -0.645. The molecule has 0 bridgehead atoms. The third-order valence-corrected chi connectivity index (χ3v) is 9.88. The molecule has 2 aromatic carbocycles. The Kier molecular flexibility index (Phi) is 12.7. The van der Waals surface area contributed by atoms with Crippen molar-refractivity contribution in [1.29, 1.82) is 0 Å². The van der Waals surface area contributed by atoms with Crippen LogP contribution in [0, 0.1) is 11.8 Å². The van der Waals surface area contributed by atoms with E-state index < -0.39 is 42.1 Å². The Morgan fingerprint density at radius 3 is 2.41 bits per heavy atom. The molecule has 12 heteroatoms. The van der Waals surface area contributed by atoms with Crippen LogP contribution in [0.5, 0.6) is 11.5 Å². The number of nitrogens with one attached hydrogen (secondary N) is 3. The maximum Gasteiger partial charge on any atom is 0.326 e. The van der Waals surface area contributed by atoms with E-state index in [-0.39, 0.29) is 31.2 Å². The van der Waals surface area contributed by atoms with E-state index >= 15 is 0 Å². The molecule has 2 fully saturated rings. The highest BCUT2D eigenvalue weighted by Gasteiger charge is 2.43. The molecule has 0 spiro atoms. The van der Waals surface area contributed by atoms with Gasteiger partial charge in [-0.05, 0) is 43.2 Å². The van der Waals surface area contributed by atoms with E-state index in [9.17, 15) is 24.3 Å². The first-order valence-corrected chi connectivity index (χ1v) is 18.2. The predicted octanol–water partition coefficient (Wildman–Crippen LogP) is 5.53. The predicted molar refractivity (Wildman–Crippen MR) is 194 cm³/mol. The Hall–Kier alpha value is -4.87. The number of carbonyl (C=O) groups is 4. The summed E-state index contributed by atoms with van der Waals surface area (Å²) in [6.45, 7) is 6.16. The Bertz CT molecular complexity index is 1680. The average molecular weight is 702 g/mol. The molecule has 51 heavy (non-hydrogen) atoms. The van der Waals surface area contributed by atoms with Crippen LogP contribution < -0.4 is 25.4 Å². The van der Waals surface area contributed by atoms with Gasteiger partial charge in [0.05, 0.1) is 24.9 Å². The number of pyridine rings is 1. The number of aromatic nitrogens is 1. The van der Waals surface area contributed by atoms with Crippen LogP contribution in [0.1, 0.15) is 72.1 Å². The molecule has 2 aliphatic rings. The van der Waals surface area contributed by atoms with E-state index in [2.05, 4.69) is 16.0 Å². The van der Waals surface area contributed by atoms with Crippen molar-refractivity contribution in [2.24, 2.45) is 11.8 Å². The lowest BCUT2D eigenvalue weighted by molar-refractivity contribution is -0.142. The van der Waals surface area contributed by atoms with Crippen LogP contribution in [0.15, 0.2) is 54.6 Å². The van der Waals surface area contributed by atoms with E-state index in [1.807, 2.05) is 75.4 Å². The zero-order chi connectivity index (χ0) is 36.5. The fourth-order valence-electron chi connectivity index (χ4n) is 7.00. The summed E-state index contributed by atoms with van der Waals surface area (Å²) < 4.78 is 12.1. The summed E-state index contributed by atoms with van der Waals surface area (Å²) >= 11 is 0. The minimum absolute atomic E-state index is 0.0323. The van der Waals surface area contributed by atoms with E-state index in [0.29, 0.717) is 41.6 Å². The fraction of sp³-hybridized carbons (Fsp3) is 0.513. The van der Waals surface area contributed by atoms with Crippen molar-refractivity contribution in [2.75, 3.05) is 20.2 Å². The molecule has 1 aromatic heterocycles. The number of fused-ring (bicyclic) bond motifs is 1. The van der Waals surface area contributed by atoms with Gasteiger partial charge >= 0.3 is 12.0 Å². The van der Waals surface area contributed by atoms with Gasteiger partial charge in [0.1, 0.15) is 35.7 Å². The van der Waals surface area contributed by atoms with Crippen LogP contribution in [0.2, 0.25) is 0 Å². The number of urea groups is 1. The molecule has 4 N–H and O–H groups in total. The van der Waals surface area contributed by atoms with Crippen LogP contribution in [0.3, 0.4) is 0 Å². The maximum absolute atomic E-state index is 14.0. The molecule has 0 radical (unpaired) electrons. The lowest BCUT2D eigenvalue weighted by Crippen LogP contribution is -2.57. The molecule has 4 atom stereocenters. The zero-order valence-electron chi connectivity index (χ0n) is 30.0. The molecule has 4 amide bonds. The molecule has 2 heterocycles. The number of carboxylic acids is 1. The SMILES string of the molecule is CCCC(NC(=O)[C@@H]1C[C@@H](Oc2cc(-c3ccccc3)nc3cc(OC)ccc23)CN1C(=O)NC(C(=O)NCC1CCCCC1)C(C)C)C(=O)O. The molecule has 1 saturated carbocycles. The third-order valence-electron chi connectivity index (χ3n) is 9.88. The van der Waals surface area contributed by atoms with Crippen LogP contribution in [-0.2, 0) is 14.4 Å². The number of aliphatic carboxylic acids is 1. The fourth-order valence-corrected chi connectivity index (χ4v) is 7.00. The highest BCUT2D eigenvalue weighted by Crippen LogP contribution is 2.34. The smallest absolute Gasteiger partial charge is 0.326 e. The van der Waals surface area contributed by atoms with Crippen LogP contribution >= 0.6 is 0 Å². The van der Waals surface area contributed by atoms with E-state index in [4.69, 9.17) is 14.5 Å². The number of rotatable bonds is 14. The van der Waals surface area contributed by atoms with Gasteiger partial charge in [0.25, 0.3) is 0 Å². The summed E-state index contributed by atoms with van der Waals surface area (Å²) in [5, 5.41) is 19.1. The van der Waals surface area contributed by atoms with Crippen molar-refractivity contribution in [3.63, 3.8) is 0 Å². The number of carboxylic acid groups (broad SMARTS) is 1. The third kappa shape index (κ3) is 9.47. The van der Waals surface area contributed by atoms with Gasteiger partial charge in [0.15, 0.2) is 0 Å². The quantitative estimate of drug-likeness (QED) is 0.171. The number of likely N-dealkylation sites (tertiary alicyclic amines) is 1. The van der Waals surface area contributed by atoms with Gasteiger partial charge in [-0.3, -0.25) is 9.59 Å². The Balaban J connectivity index is 1.40. The molecule has 1 aliphatic carbocycles. The lowest BCUT2D eigenvalue weighted by Gasteiger charge is -2.29. The second-order valence-corrected chi connectivity index (χ2v) is 14.0. The Labute approximate surface area is 299 Å². The summed E-state index contributed by atoms with van der Waals surface area (Å²) in [4.78, 5) is 59.3. The summed E-state index contributed by atoms with van der Waals surface area (Å²) in [6, 6.07) is 13.5. The van der Waals surface area contributed by atoms with Gasteiger partial charge in [-0.15, -0.1) is 0 Å². The molecule has 2 unspecified atom stereocenters. The molecule has 5 rings (SSSR count). The Morgan fingerprint density at radius 1 is 1.00 bits per heavy atom. The van der Waals surface area contributed by atoms with Crippen molar-refractivity contribution in [1.82, 2.24) is 25.8 Å². The second kappa shape index (κ2) is 17.4. The second-order valence-electron chi connectivity index (χ2n) is 14.0. The number of carbonyl (C=O) groups excluding carboxylic acids is 3. The number of ether oxygens (including phenoxy) is 2. The first-order chi connectivity index (χ1) is 24.6. The van der Waals surface area contributed by atoms with Gasteiger partial charge < -0.3 is 35.4 Å². The zero-order valence-corrected chi connectivity index (χ0v) is 30.0. The number of amides is 4. The summed E-state index contributed by atoms with van der Waals surface area (Å²) in [5.41, 5.74) is 2.21. The minimum atomic E-state index is -1.14. The first-order valence-electron chi connectivity index (χ1n) is 18.2. The molecule has 1 aliphatic heterocycles. The van der Waals surface area contributed by atoms with Crippen LogP contribution in [0.25, 0.3) is 22.2 Å². The normalized spacial score (nSPS) is 19.0. The highest BCUT2D eigenvalue weighted by molar-refractivity contribution is 5.93. The Morgan fingerprint density at radius 2 is 1.75 bits per heavy atom. The largest absolute Gasteiger partial charge is 0.497 e. The standard InChI is InChI=1S/C39H51N5O7/c1-5-12-30(38(47)48)42-36(45)33-20-28(23-44(33)39(49)43-35(24(2)3)37(46)40-22-25-13-8-6-9-14-25)51-34-21-31(26-15-10-7-11-16-26)41-32-19-27(50-4)17-18-29(32)34/h7,10-11,15-19,21,24-25,28,30,33,35H,5-6,8-9,12-14,20,22-23H2,1-4H3,(H,40,46)(H,42,45)(H,43,49)(H,47,48)/t28-,30?,33+,35?/m1/s1. The molecular formula is C39H51N5O7. The monoisotopic (exact) mass is 701 g/mol. The van der Waals surface area contributed by atoms with Crippen molar-refractivity contribution in [3.05, 3.63) is 54.6 Å². The van der Waals surface area contributed by atoms with Crippen molar-refractivity contribution in [3.8, 4) is 22.8 Å². The van der Waals surface area contributed by atoms with Crippen LogP contribution in [-0.4, -0.2) is 83.2 Å². The summed E-state index contributed by atoms with van der Waals surface area (Å²) in [7, 11) is 1.59. The van der Waals surface area contributed by atoms with E-state index in [1.165, 1.54) is 11.3 Å². The van der Waals surface area contributed by atoms with Gasteiger partial charge in [-0.25, -0.2) is 14.6 Å². The molecule has 12 nitrogen and oxygen atoms in total. The summed E-state index contributed by atoms with van der Waals surface area (Å²) in [6.07, 6.45) is 5.96. The topological polar surface area (TPSA) is 159 Å². The molecular weight excluding hydrogens is 650 g/mol. The molecule has 1 saturated heterocycles. The molecule has 3 aromatic rings. The number of methoxy groups -OCH3 is 1. The van der Waals surface area contributed by atoms with E-state index in [0.717, 1.165) is 36.6 Å². The first kappa shape index (κ1) is 37.4. The minimum Gasteiger partial charge on any atom is -0.497 e. The highest BCUT2D eigenvalue weighted by atomic mass is 16.5. The molecule has 274 valence electrons. The van der Waals surface area contributed by atoms with Gasteiger partial charge in [0, 0.05) is 36.0 Å². The van der Waals surface area contributed by atoms with Gasteiger partial charge in [-0.1, -0.05) is 76.8 Å². The average Bonchev–Trinajstić information content (AvgIpc) is 3.57. The number of benzene rings is 2. The van der Waals surface area contributed by atoms with Crippen LogP contribution in [0.4, 0.5) is 4.79 Å². The van der Waals surface area contributed by atoms with Crippen molar-refractivity contribution >= 4 is 34.7 Å². The number of hydrogen-bond donors (Lipinski definition) is 4. The van der Waals surface area contributed by atoms with Gasteiger partial charge in [0.2, 0.25) is 11.8 Å². The van der Waals surface area contributed by atoms with Crippen molar-refractivity contribution < 1.29 is 33.8 Å². The lowest BCUT2D eigenvalue weighted by atomic mass is 9.89. The van der Waals surface area contributed by atoms with E-state index in [1.54, 1.807) is 7.11 Å². The van der Waals surface area contributed by atoms with Crippen molar-refractivity contribution in [2.45, 2.75) is 96.4 Å². The number of hydrogen-bond acceptors (Lipinski definition) is 7. The van der Waals surface area contributed by atoms with Gasteiger partial charge in [-0.2, -0.15) is 0 Å².